The van der Waals surface area contributed by atoms with E-state index in [1.54, 1.807) is 0 Å². The maximum Gasteiger partial charge on any atom is 0.123 e. The molecule has 1 rings (SSSR count). The molecule has 0 bridgehead atoms. The molecular formula is C13H16O. The first-order valence-corrected chi connectivity index (χ1v) is 4.94. The predicted octanol–water partition coefficient (Wildman–Crippen LogP) is 3.41. The maximum atomic E-state index is 10.1. The quantitative estimate of drug-likeness (QED) is 0.662. The van der Waals surface area contributed by atoms with Crippen LogP contribution in [-0.2, 0) is 4.79 Å². The van der Waals surface area contributed by atoms with Crippen molar-refractivity contribution in [1.82, 2.24) is 0 Å². The third-order valence-corrected chi connectivity index (χ3v) is 2.15. The SMILES string of the molecule is CC(C)c1ccc(C=CCC=O)cc1. The van der Waals surface area contributed by atoms with E-state index in [2.05, 4.69) is 38.1 Å². The molecule has 0 radical (unpaired) electrons. The van der Waals surface area contributed by atoms with Crippen LogP contribution in [0.2, 0.25) is 0 Å². The second kappa shape index (κ2) is 5.38. The van der Waals surface area contributed by atoms with Crippen molar-refractivity contribution in [2.24, 2.45) is 0 Å². The summed E-state index contributed by atoms with van der Waals surface area (Å²) in [6, 6.07) is 8.42. The fourth-order valence-electron chi connectivity index (χ4n) is 1.25. The molecule has 1 aromatic rings. The number of benzene rings is 1. The Morgan fingerprint density at radius 1 is 1.21 bits per heavy atom. The molecule has 0 aromatic heterocycles. The third kappa shape index (κ3) is 3.17. The molecule has 0 aliphatic heterocycles. The van der Waals surface area contributed by atoms with Crippen LogP contribution in [0.5, 0.6) is 0 Å². The van der Waals surface area contributed by atoms with Crippen molar-refractivity contribution in [2.75, 3.05) is 0 Å². The van der Waals surface area contributed by atoms with Gasteiger partial charge in [0.1, 0.15) is 6.29 Å². The van der Waals surface area contributed by atoms with Gasteiger partial charge in [-0.25, -0.2) is 0 Å². The van der Waals surface area contributed by atoms with Gasteiger partial charge < -0.3 is 4.79 Å². The molecule has 0 aliphatic rings. The number of carbonyl (C=O) groups is 1. The Kier molecular flexibility index (Phi) is 4.11. The van der Waals surface area contributed by atoms with Crippen molar-refractivity contribution in [3.8, 4) is 0 Å². The highest BCUT2D eigenvalue weighted by Gasteiger charge is 1.96. The number of aldehydes is 1. The lowest BCUT2D eigenvalue weighted by molar-refractivity contribution is -0.107. The molecule has 0 amide bonds. The summed E-state index contributed by atoms with van der Waals surface area (Å²) in [7, 11) is 0. The standard InChI is InChI=1S/C13H16O/c1-11(2)13-8-6-12(7-9-13)5-3-4-10-14/h3,5-11H,4H2,1-2H3. The fourth-order valence-corrected chi connectivity index (χ4v) is 1.25. The van der Waals surface area contributed by atoms with Crippen molar-refractivity contribution >= 4 is 12.4 Å². The number of rotatable bonds is 4. The molecule has 0 N–H and O–H groups in total. The molecule has 1 nitrogen and oxygen atoms in total. The van der Waals surface area contributed by atoms with E-state index in [1.165, 1.54) is 5.56 Å². The summed E-state index contributed by atoms with van der Waals surface area (Å²) in [6.45, 7) is 4.36. The van der Waals surface area contributed by atoms with E-state index in [0.717, 1.165) is 11.8 Å². The van der Waals surface area contributed by atoms with Gasteiger partial charge in [-0.3, -0.25) is 0 Å². The number of hydrogen-bond donors (Lipinski definition) is 0. The zero-order valence-corrected chi connectivity index (χ0v) is 8.73. The normalized spacial score (nSPS) is 11.1. The molecule has 0 spiro atoms. The molecule has 0 unspecified atom stereocenters. The van der Waals surface area contributed by atoms with Gasteiger partial charge >= 0.3 is 0 Å². The summed E-state index contributed by atoms with van der Waals surface area (Å²) in [5.41, 5.74) is 2.49. The minimum absolute atomic E-state index is 0.492. The second-order valence-corrected chi connectivity index (χ2v) is 3.63. The molecule has 74 valence electrons. The minimum atomic E-state index is 0.492. The average molecular weight is 188 g/mol. The van der Waals surface area contributed by atoms with E-state index in [9.17, 15) is 4.79 Å². The molecule has 1 aromatic carbocycles. The predicted molar refractivity (Wildman–Crippen MR) is 60.2 cm³/mol. The van der Waals surface area contributed by atoms with Crippen molar-refractivity contribution in [2.45, 2.75) is 26.2 Å². The Labute approximate surface area is 85.5 Å². The van der Waals surface area contributed by atoms with Crippen molar-refractivity contribution in [1.29, 1.82) is 0 Å². The summed E-state index contributed by atoms with van der Waals surface area (Å²) in [5, 5.41) is 0. The van der Waals surface area contributed by atoms with Crippen LogP contribution in [0.15, 0.2) is 30.3 Å². The van der Waals surface area contributed by atoms with Crippen LogP contribution in [0.1, 0.15) is 37.3 Å². The zero-order valence-electron chi connectivity index (χ0n) is 8.73. The van der Waals surface area contributed by atoms with Crippen LogP contribution < -0.4 is 0 Å². The van der Waals surface area contributed by atoms with E-state index in [-0.39, 0.29) is 0 Å². The Balaban J connectivity index is 2.68. The van der Waals surface area contributed by atoms with Crippen LogP contribution >= 0.6 is 0 Å². The molecule has 0 heterocycles. The average Bonchev–Trinajstić information content (AvgIpc) is 2.19. The van der Waals surface area contributed by atoms with Gasteiger partial charge in [-0.1, -0.05) is 50.3 Å². The fraction of sp³-hybridized carbons (Fsp3) is 0.308. The first-order valence-electron chi connectivity index (χ1n) is 4.94. The lowest BCUT2D eigenvalue weighted by Crippen LogP contribution is -1.85. The summed E-state index contributed by atoms with van der Waals surface area (Å²) >= 11 is 0. The third-order valence-electron chi connectivity index (χ3n) is 2.15. The summed E-state index contributed by atoms with van der Waals surface area (Å²) < 4.78 is 0. The molecule has 0 saturated heterocycles. The summed E-state index contributed by atoms with van der Waals surface area (Å²) in [6.07, 6.45) is 5.24. The maximum absolute atomic E-state index is 10.1. The van der Waals surface area contributed by atoms with Gasteiger partial charge in [0.05, 0.1) is 0 Å². The van der Waals surface area contributed by atoms with E-state index >= 15 is 0 Å². The molecule has 0 fully saturated rings. The van der Waals surface area contributed by atoms with Gasteiger partial charge in [0, 0.05) is 6.42 Å². The second-order valence-electron chi connectivity index (χ2n) is 3.63. The Hall–Kier alpha value is -1.37. The highest BCUT2D eigenvalue weighted by atomic mass is 16.1. The van der Waals surface area contributed by atoms with Crippen LogP contribution in [0.4, 0.5) is 0 Å². The van der Waals surface area contributed by atoms with Crippen LogP contribution in [0.25, 0.3) is 6.08 Å². The van der Waals surface area contributed by atoms with Crippen molar-refractivity contribution < 1.29 is 4.79 Å². The Bertz CT molecular complexity index is 307. The van der Waals surface area contributed by atoms with Crippen molar-refractivity contribution in [3.63, 3.8) is 0 Å². The van der Waals surface area contributed by atoms with Crippen LogP contribution in [-0.4, -0.2) is 6.29 Å². The first-order chi connectivity index (χ1) is 6.74. The minimum Gasteiger partial charge on any atom is -0.303 e. The lowest BCUT2D eigenvalue weighted by Gasteiger charge is -2.04. The van der Waals surface area contributed by atoms with Crippen LogP contribution in [0, 0.1) is 0 Å². The first kappa shape index (κ1) is 10.7. The largest absolute Gasteiger partial charge is 0.303 e. The van der Waals surface area contributed by atoms with Gasteiger partial charge in [0.2, 0.25) is 0 Å². The molecule has 0 saturated carbocycles. The highest BCUT2D eigenvalue weighted by Crippen LogP contribution is 2.15. The smallest absolute Gasteiger partial charge is 0.123 e. The molecule has 0 atom stereocenters. The van der Waals surface area contributed by atoms with E-state index in [0.29, 0.717) is 12.3 Å². The van der Waals surface area contributed by atoms with E-state index in [4.69, 9.17) is 0 Å². The number of carbonyl (C=O) groups excluding carboxylic acids is 1. The van der Waals surface area contributed by atoms with E-state index in [1.807, 2.05) is 12.2 Å². The van der Waals surface area contributed by atoms with Gasteiger partial charge in [-0.2, -0.15) is 0 Å². The number of allylic oxidation sites excluding steroid dienone is 1. The van der Waals surface area contributed by atoms with Gasteiger partial charge in [-0.15, -0.1) is 0 Å². The van der Waals surface area contributed by atoms with Gasteiger partial charge in [0.15, 0.2) is 0 Å². The molecule has 0 aliphatic carbocycles. The van der Waals surface area contributed by atoms with Gasteiger partial charge in [0.25, 0.3) is 0 Å². The number of hydrogen-bond acceptors (Lipinski definition) is 1. The molecule has 1 heteroatoms. The summed E-state index contributed by atoms with van der Waals surface area (Å²) in [4.78, 5) is 10.1. The molecule has 14 heavy (non-hydrogen) atoms. The highest BCUT2D eigenvalue weighted by molar-refractivity contribution is 5.58. The summed E-state index contributed by atoms with van der Waals surface area (Å²) in [5.74, 6) is 0.572. The topological polar surface area (TPSA) is 17.1 Å². The lowest BCUT2D eigenvalue weighted by atomic mass is 10.0. The monoisotopic (exact) mass is 188 g/mol. The molecular weight excluding hydrogens is 172 g/mol. The van der Waals surface area contributed by atoms with Gasteiger partial charge in [-0.05, 0) is 17.0 Å². The zero-order chi connectivity index (χ0) is 10.4. The van der Waals surface area contributed by atoms with E-state index < -0.39 is 0 Å². The Morgan fingerprint density at radius 2 is 1.86 bits per heavy atom. The Morgan fingerprint density at radius 3 is 2.36 bits per heavy atom. The van der Waals surface area contributed by atoms with Crippen LogP contribution in [0.3, 0.4) is 0 Å². The van der Waals surface area contributed by atoms with Crippen molar-refractivity contribution in [3.05, 3.63) is 41.5 Å².